The summed E-state index contributed by atoms with van der Waals surface area (Å²) in [6.45, 7) is 0.0438. The van der Waals surface area contributed by atoms with Crippen molar-refractivity contribution in [1.82, 2.24) is 0 Å². The predicted octanol–water partition coefficient (Wildman–Crippen LogP) is 1.93. The number of primary sulfonamides is 1. The van der Waals surface area contributed by atoms with Gasteiger partial charge in [-0.15, -0.1) is 0 Å². The molecule has 0 aromatic heterocycles. The Morgan fingerprint density at radius 1 is 1.14 bits per heavy atom. The van der Waals surface area contributed by atoms with Gasteiger partial charge in [-0.1, -0.05) is 6.07 Å². The van der Waals surface area contributed by atoms with Crippen molar-refractivity contribution in [1.29, 1.82) is 0 Å². The Hall–Kier alpha value is -2.19. The number of sulfonamides is 1. The first-order valence-electron chi connectivity index (χ1n) is 5.81. The molecule has 21 heavy (non-hydrogen) atoms. The average molecular weight is 314 g/mol. The van der Waals surface area contributed by atoms with Gasteiger partial charge >= 0.3 is 0 Å². The lowest BCUT2D eigenvalue weighted by atomic mass is 10.2. The number of rotatable bonds is 4. The molecule has 0 unspecified atom stereocenters. The summed E-state index contributed by atoms with van der Waals surface area (Å²) in [5, 5.41) is 16.8. The maximum atomic E-state index is 13.2. The molecule has 112 valence electrons. The van der Waals surface area contributed by atoms with E-state index in [0.29, 0.717) is 5.69 Å². The lowest BCUT2D eigenvalue weighted by Crippen LogP contribution is -2.12. The van der Waals surface area contributed by atoms with Crippen LogP contribution in [-0.2, 0) is 16.6 Å². The highest BCUT2D eigenvalue weighted by Gasteiger charge is 2.10. The zero-order chi connectivity index (χ0) is 15.6. The van der Waals surface area contributed by atoms with Gasteiger partial charge in [0.25, 0.3) is 0 Å². The molecule has 0 heterocycles. The summed E-state index contributed by atoms with van der Waals surface area (Å²) >= 11 is 0. The molecule has 0 amide bonds. The Labute approximate surface area is 120 Å². The van der Waals surface area contributed by atoms with Gasteiger partial charge in [-0.25, -0.2) is 22.3 Å². The maximum absolute atomic E-state index is 13.2. The van der Waals surface area contributed by atoms with Crippen LogP contribution in [0.5, 0.6) is 5.75 Å². The largest absolute Gasteiger partial charge is 0.503 e. The SMILES string of the molecule is NS(=O)(=O)c1cccc(NCc2cc(F)c(O)c(F)c2)c1. The molecule has 0 saturated carbocycles. The zero-order valence-corrected chi connectivity index (χ0v) is 11.5. The van der Waals surface area contributed by atoms with Crippen LogP contribution in [0.3, 0.4) is 0 Å². The van der Waals surface area contributed by atoms with Gasteiger partial charge in [-0.2, -0.15) is 0 Å². The molecule has 2 aromatic carbocycles. The summed E-state index contributed by atoms with van der Waals surface area (Å²) in [6, 6.07) is 7.68. The first-order valence-corrected chi connectivity index (χ1v) is 7.35. The van der Waals surface area contributed by atoms with E-state index in [2.05, 4.69) is 5.32 Å². The minimum atomic E-state index is -3.82. The number of halogens is 2. The van der Waals surface area contributed by atoms with E-state index >= 15 is 0 Å². The summed E-state index contributed by atoms with van der Waals surface area (Å²) in [7, 11) is -3.82. The summed E-state index contributed by atoms with van der Waals surface area (Å²) < 4.78 is 48.8. The highest BCUT2D eigenvalue weighted by atomic mass is 32.2. The van der Waals surface area contributed by atoms with Crippen LogP contribution >= 0.6 is 0 Å². The maximum Gasteiger partial charge on any atom is 0.238 e. The van der Waals surface area contributed by atoms with Crippen LogP contribution in [0.25, 0.3) is 0 Å². The predicted molar refractivity (Wildman–Crippen MR) is 73.2 cm³/mol. The summed E-state index contributed by atoms with van der Waals surface area (Å²) in [5.41, 5.74) is 0.680. The van der Waals surface area contributed by atoms with Crippen LogP contribution in [0.1, 0.15) is 5.56 Å². The highest BCUT2D eigenvalue weighted by Crippen LogP contribution is 2.22. The van der Waals surface area contributed by atoms with Gasteiger partial charge in [-0.3, -0.25) is 0 Å². The van der Waals surface area contributed by atoms with Gasteiger partial charge < -0.3 is 10.4 Å². The van der Waals surface area contributed by atoms with E-state index in [1.165, 1.54) is 18.2 Å². The Morgan fingerprint density at radius 3 is 2.33 bits per heavy atom. The standard InChI is InChI=1S/C13H12F2N2O3S/c14-11-4-8(5-12(15)13(11)18)7-17-9-2-1-3-10(6-9)21(16,19)20/h1-6,17-18H,7H2,(H2,16,19,20). The molecule has 0 radical (unpaired) electrons. The van der Waals surface area contributed by atoms with Crippen molar-refractivity contribution < 1.29 is 22.3 Å². The second-order valence-electron chi connectivity index (χ2n) is 4.33. The average Bonchev–Trinajstić information content (AvgIpc) is 2.42. The van der Waals surface area contributed by atoms with Crippen molar-refractivity contribution in [2.45, 2.75) is 11.4 Å². The van der Waals surface area contributed by atoms with Crippen LogP contribution in [0.15, 0.2) is 41.3 Å². The molecule has 0 atom stereocenters. The molecule has 0 aliphatic carbocycles. The van der Waals surface area contributed by atoms with E-state index in [0.717, 1.165) is 12.1 Å². The highest BCUT2D eigenvalue weighted by molar-refractivity contribution is 7.89. The Morgan fingerprint density at radius 2 is 1.76 bits per heavy atom. The zero-order valence-electron chi connectivity index (χ0n) is 10.7. The first-order chi connectivity index (χ1) is 9.77. The van der Waals surface area contributed by atoms with Gasteiger partial charge in [0.05, 0.1) is 4.90 Å². The van der Waals surface area contributed by atoms with Gasteiger partial charge in [0.1, 0.15) is 0 Å². The molecule has 8 heteroatoms. The lowest BCUT2D eigenvalue weighted by Gasteiger charge is -2.09. The second kappa shape index (κ2) is 5.66. The summed E-state index contributed by atoms with van der Waals surface area (Å²) in [5.74, 6) is -3.16. The normalized spacial score (nSPS) is 11.4. The quantitative estimate of drug-likeness (QED) is 0.804. The fourth-order valence-corrected chi connectivity index (χ4v) is 2.27. The third-order valence-corrected chi connectivity index (χ3v) is 3.65. The molecular weight excluding hydrogens is 302 g/mol. The van der Waals surface area contributed by atoms with E-state index in [1.54, 1.807) is 6.07 Å². The van der Waals surface area contributed by atoms with Crippen molar-refractivity contribution in [2.75, 3.05) is 5.32 Å². The Balaban J connectivity index is 2.17. The van der Waals surface area contributed by atoms with Crippen LogP contribution < -0.4 is 10.5 Å². The minimum Gasteiger partial charge on any atom is -0.503 e. The minimum absolute atomic E-state index is 0.0438. The lowest BCUT2D eigenvalue weighted by molar-refractivity contribution is 0.395. The van der Waals surface area contributed by atoms with Crippen LogP contribution in [-0.4, -0.2) is 13.5 Å². The third-order valence-electron chi connectivity index (χ3n) is 2.74. The molecular formula is C13H12F2N2O3S. The molecule has 0 fully saturated rings. The molecule has 0 saturated heterocycles. The van der Waals surface area contributed by atoms with Gasteiger partial charge in [0.15, 0.2) is 17.4 Å². The molecule has 0 bridgehead atoms. The first kappa shape index (κ1) is 15.2. The van der Waals surface area contributed by atoms with Crippen molar-refractivity contribution in [3.63, 3.8) is 0 Å². The van der Waals surface area contributed by atoms with Gasteiger partial charge in [0, 0.05) is 12.2 Å². The number of phenols is 1. The van der Waals surface area contributed by atoms with Crippen molar-refractivity contribution in [3.05, 3.63) is 53.6 Å². The fourth-order valence-electron chi connectivity index (χ4n) is 1.71. The number of hydrogen-bond donors (Lipinski definition) is 3. The number of anilines is 1. The number of nitrogens with one attached hydrogen (secondary N) is 1. The molecule has 2 rings (SSSR count). The van der Waals surface area contributed by atoms with Crippen molar-refractivity contribution >= 4 is 15.7 Å². The topological polar surface area (TPSA) is 92.4 Å². The van der Waals surface area contributed by atoms with E-state index in [-0.39, 0.29) is 17.0 Å². The fraction of sp³-hybridized carbons (Fsp3) is 0.0769. The van der Waals surface area contributed by atoms with Crippen molar-refractivity contribution in [2.24, 2.45) is 5.14 Å². The smallest absolute Gasteiger partial charge is 0.238 e. The van der Waals surface area contributed by atoms with Crippen LogP contribution in [0.2, 0.25) is 0 Å². The number of hydrogen-bond acceptors (Lipinski definition) is 4. The van der Waals surface area contributed by atoms with E-state index in [4.69, 9.17) is 10.2 Å². The molecule has 5 nitrogen and oxygen atoms in total. The van der Waals surface area contributed by atoms with Crippen LogP contribution in [0.4, 0.5) is 14.5 Å². The molecule has 0 aliphatic rings. The Bertz CT molecular complexity index is 756. The number of aromatic hydroxyl groups is 1. The van der Waals surface area contributed by atoms with Crippen molar-refractivity contribution in [3.8, 4) is 5.75 Å². The van der Waals surface area contributed by atoms with E-state index in [1.807, 2.05) is 0 Å². The van der Waals surface area contributed by atoms with Gasteiger partial charge in [0.2, 0.25) is 10.0 Å². The molecule has 2 aromatic rings. The van der Waals surface area contributed by atoms with E-state index in [9.17, 15) is 17.2 Å². The molecule has 4 N–H and O–H groups in total. The van der Waals surface area contributed by atoms with Crippen LogP contribution in [0, 0.1) is 11.6 Å². The summed E-state index contributed by atoms with van der Waals surface area (Å²) in [6.07, 6.45) is 0. The van der Waals surface area contributed by atoms with Gasteiger partial charge in [-0.05, 0) is 35.9 Å². The molecule has 0 spiro atoms. The number of nitrogens with two attached hydrogens (primary N) is 1. The Kier molecular flexibility index (Phi) is 4.10. The molecule has 0 aliphatic heterocycles. The number of phenolic OH excluding ortho intramolecular Hbond substituents is 1. The summed E-state index contributed by atoms with van der Waals surface area (Å²) in [4.78, 5) is -0.0735. The monoisotopic (exact) mass is 314 g/mol. The third kappa shape index (κ3) is 3.67. The number of benzene rings is 2. The van der Waals surface area contributed by atoms with E-state index < -0.39 is 27.4 Å². The second-order valence-corrected chi connectivity index (χ2v) is 5.90.